The Kier molecular flexibility index (Phi) is 10.1. The van der Waals surface area contributed by atoms with E-state index in [-0.39, 0.29) is 24.7 Å². The first-order valence-electron chi connectivity index (χ1n) is 9.51. The van der Waals surface area contributed by atoms with Crippen molar-refractivity contribution in [1.29, 1.82) is 0 Å². The summed E-state index contributed by atoms with van der Waals surface area (Å²) in [5.74, 6) is -1.21. The van der Waals surface area contributed by atoms with Crippen molar-refractivity contribution in [2.75, 3.05) is 13.2 Å². The minimum absolute atomic E-state index is 0.0382. The molecule has 8 heteroatoms. The van der Waals surface area contributed by atoms with E-state index in [1.54, 1.807) is 13.8 Å². The van der Waals surface area contributed by atoms with Gasteiger partial charge in [-0.3, -0.25) is 0 Å². The normalized spacial score (nSPS) is 10.1. The number of rotatable bonds is 12. The van der Waals surface area contributed by atoms with Crippen molar-refractivity contribution >= 4 is 36.0 Å². The SMILES string of the molecule is C=C(OSc1ccc(Cc2ccc(SOC(=C)C(=O)OCC)cc2)cc1)C(=O)OCC. The summed E-state index contributed by atoms with van der Waals surface area (Å²) >= 11 is 2.11. The zero-order valence-electron chi connectivity index (χ0n) is 17.4. The first kappa shape index (κ1) is 24.4. The van der Waals surface area contributed by atoms with Crippen LogP contribution in [0, 0.1) is 0 Å². The van der Waals surface area contributed by atoms with Gasteiger partial charge in [-0.15, -0.1) is 0 Å². The standard InChI is InChI=1S/C23H24O6S2/c1-5-26-22(24)16(3)28-30-20-11-7-18(8-12-20)15-19-9-13-21(14-10-19)31-29-17(4)23(25)27-6-2/h7-14H,3-6,15H2,1-2H3. The highest BCUT2D eigenvalue weighted by molar-refractivity contribution is 7.95. The third kappa shape index (κ3) is 8.43. The molecule has 0 N–H and O–H groups in total. The first-order chi connectivity index (χ1) is 14.9. The van der Waals surface area contributed by atoms with E-state index in [0.717, 1.165) is 51.4 Å². The van der Waals surface area contributed by atoms with E-state index < -0.39 is 11.9 Å². The Bertz CT molecular complexity index is 831. The zero-order valence-corrected chi connectivity index (χ0v) is 19.1. The van der Waals surface area contributed by atoms with Crippen molar-refractivity contribution in [1.82, 2.24) is 0 Å². The Morgan fingerprint density at radius 2 is 1.06 bits per heavy atom. The maximum Gasteiger partial charge on any atom is 0.374 e. The largest absolute Gasteiger partial charge is 0.460 e. The Morgan fingerprint density at radius 1 is 0.710 bits per heavy atom. The Hall–Kier alpha value is -2.84. The van der Waals surface area contributed by atoms with Crippen LogP contribution in [0.3, 0.4) is 0 Å². The molecule has 0 aliphatic heterocycles. The highest BCUT2D eigenvalue weighted by atomic mass is 32.2. The van der Waals surface area contributed by atoms with Crippen LogP contribution in [0.15, 0.2) is 83.0 Å². The molecule has 2 rings (SSSR count). The summed E-state index contributed by atoms with van der Waals surface area (Å²) in [6, 6.07) is 15.6. The van der Waals surface area contributed by atoms with Crippen LogP contribution in [0.1, 0.15) is 25.0 Å². The Balaban J connectivity index is 1.82. The van der Waals surface area contributed by atoms with Gasteiger partial charge in [0.2, 0.25) is 11.5 Å². The van der Waals surface area contributed by atoms with Crippen LogP contribution in [-0.4, -0.2) is 25.2 Å². The molecule has 0 aliphatic carbocycles. The van der Waals surface area contributed by atoms with Gasteiger partial charge in [0.15, 0.2) is 0 Å². The lowest BCUT2D eigenvalue weighted by atomic mass is 10.1. The number of hydrogen-bond donors (Lipinski definition) is 0. The summed E-state index contributed by atoms with van der Waals surface area (Å²) in [5, 5.41) is 0. The number of benzene rings is 2. The average Bonchev–Trinajstić information content (AvgIpc) is 2.78. The minimum Gasteiger partial charge on any atom is -0.460 e. The molecule has 0 aromatic heterocycles. The molecule has 0 radical (unpaired) electrons. The van der Waals surface area contributed by atoms with Gasteiger partial charge in [0.1, 0.15) is 0 Å². The molecule has 0 saturated carbocycles. The van der Waals surface area contributed by atoms with Gasteiger partial charge in [-0.25, -0.2) is 9.59 Å². The van der Waals surface area contributed by atoms with E-state index >= 15 is 0 Å². The number of carbonyl (C=O) groups excluding carboxylic acids is 2. The number of ether oxygens (including phenoxy) is 2. The van der Waals surface area contributed by atoms with Gasteiger partial charge < -0.3 is 17.8 Å². The molecule has 0 aliphatic rings. The summed E-state index contributed by atoms with van der Waals surface area (Å²) in [4.78, 5) is 24.7. The molecule has 31 heavy (non-hydrogen) atoms. The zero-order chi connectivity index (χ0) is 22.6. The van der Waals surface area contributed by atoms with Crippen LogP contribution in [0.2, 0.25) is 0 Å². The van der Waals surface area contributed by atoms with Gasteiger partial charge in [0.05, 0.1) is 37.3 Å². The van der Waals surface area contributed by atoms with E-state index in [4.69, 9.17) is 17.8 Å². The molecule has 0 unspecified atom stereocenters. The summed E-state index contributed by atoms with van der Waals surface area (Å²) in [6.45, 7) is 11.1. The quantitative estimate of drug-likeness (QED) is 0.178. The number of hydrogen-bond acceptors (Lipinski definition) is 8. The van der Waals surface area contributed by atoms with Gasteiger partial charge in [-0.1, -0.05) is 24.3 Å². The smallest absolute Gasteiger partial charge is 0.374 e. The second-order valence-electron chi connectivity index (χ2n) is 6.09. The van der Waals surface area contributed by atoms with Gasteiger partial charge in [0, 0.05) is 9.79 Å². The average molecular weight is 461 g/mol. The van der Waals surface area contributed by atoms with E-state index in [9.17, 15) is 9.59 Å². The van der Waals surface area contributed by atoms with Gasteiger partial charge >= 0.3 is 11.9 Å². The highest BCUT2D eigenvalue weighted by Crippen LogP contribution is 2.25. The fourth-order valence-electron chi connectivity index (χ4n) is 2.25. The third-order valence-corrected chi connectivity index (χ3v) is 5.24. The van der Waals surface area contributed by atoms with E-state index in [1.807, 2.05) is 48.5 Å². The van der Waals surface area contributed by atoms with Crippen LogP contribution in [0.25, 0.3) is 0 Å². The maximum atomic E-state index is 11.5. The second-order valence-corrected chi connectivity index (χ2v) is 7.69. The predicted octanol–water partition coefficient (Wildman–Crippen LogP) is 5.48. The second kappa shape index (κ2) is 12.8. The topological polar surface area (TPSA) is 71.1 Å². The maximum absolute atomic E-state index is 11.5. The third-order valence-electron chi connectivity index (χ3n) is 3.74. The van der Waals surface area contributed by atoms with Crippen molar-refractivity contribution in [3.63, 3.8) is 0 Å². The molecule has 164 valence electrons. The van der Waals surface area contributed by atoms with Crippen LogP contribution >= 0.6 is 24.1 Å². The lowest BCUT2D eigenvalue weighted by Crippen LogP contribution is -2.07. The highest BCUT2D eigenvalue weighted by Gasteiger charge is 2.11. The van der Waals surface area contributed by atoms with Crippen molar-refractivity contribution in [2.24, 2.45) is 0 Å². The fraction of sp³-hybridized carbons (Fsp3) is 0.217. The van der Waals surface area contributed by atoms with Gasteiger partial charge in [-0.05, 0) is 68.8 Å². The molecule has 0 bridgehead atoms. The van der Waals surface area contributed by atoms with E-state index in [0.29, 0.717) is 0 Å². The van der Waals surface area contributed by atoms with Crippen LogP contribution in [0.5, 0.6) is 0 Å². The molecule has 6 nitrogen and oxygen atoms in total. The summed E-state index contributed by atoms with van der Waals surface area (Å²) in [7, 11) is 0. The van der Waals surface area contributed by atoms with Crippen LogP contribution < -0.4 is 0 Å². The molecule has 2 aromatic rings. The first-order valence-corrected chi connectivity index (χ1v) is 11.0. The monoisotopic (exact) mass is 460 g/mol. The summed E-state index contributed by atoms with van der Waals surface area (Å²) in [6.07, 6.45) is 0.753. The number of carbonyl (C=O) groups is 2. The van der Waals surface area contributed by atoms with Crippen molar-refractivity contribution < 1.29 is 27.4 Å². The Labute approximate surface area is 191 Å². The molecule has 0 fully saturated rings. The molecular formula is C23H24O6S2. The Morgan fingerprint density at radius 3 is 1.39 bits per heavy atom. The van der Waals surface area contributed by atoms with Gasteiger partial charge in [-0.2, -0.15) is 0 Å². The molecular weight excluding hydrogens is 436 g/mol. The number of esters is 2. The fourth-order valence-corrected chi connectivity index (χ4v) is 3.27. The van der Waals surface area contributed by atoms with Crippen molar-refractivity contribution in [2.45, 2.75) is 30.1 Å². The molecule has 0 amide bonds. The van der Waals surface area contributed by atoms with Gasteiger partial charge in [0.25, 0.3) is 0 Å². The molecule has 0 atom stereocenters. The lowest BCUT2D eigenvalue weighted by molar-refractivity contribution is -0.141. The summed E-state index contributed by atoms with van der Waals surface area (Å²) in [5.41, 5.74) is 2.25. The molecule has 0 saturated heterocycles. The van der Waals surface area contributed by atoms with E-state index in [2.05, 4.69) is 13.2 Å². The predicted molar refractivity (Wildman–Crippen MR) is 121 cm³/mol. The summed E-state index contributed by atoms with van der Waals surface area (Å²) < 4.78 is 20.2. The van der Waals surface area contributed by atoms with Crippen molar-refractivity contribution in [3.8, 4) is 0 Å². The van der Waals surface area contributed by atoms with Crippen molar-refractivity contribution in [3.05, 3.63) is 84.3 Å². The minimum atomic E-state index is -0.566. The molecule has 0 spiro atoms. The van der Waals surface area contributed by atoms with E-state index in [1.165, 1.54) is 0 Å². The molecule has 2 aromatic carbocycles. The van der Waals surface area contributed by atoms with Crippen LogP contribution in [-0.2, 0) is 33.8 Å². The molecule has 0 heterocycles. The lowest BCUT2D eigenvalue weighted by Gasteiger charge is -2.08. The van der Waals surface area contributed by atoms with Crippen LogP contribution in [0.4, 0.5) is 0 Å².